The topological polar surface area (TPSA) is 70.2 Å². The Morgan fingerprint density at radius 1 is 1.17 bits per heavy atom. The van der Waals surface area contributed by atoms with E-state index in [0.29, 0.717) is 11.3 Å². The van der Waals surface area contributed by atoms with Gasteiger partial charge < -0.3 is 16.0 Å². The van der Waals surface area contributed by atoms with Crippen molar-refractivity contribution in [1.82, 2.24) is 16.0 Å². The molecule has 126 valence electrons. The molecule has 1 aliphatic carbocycles. The standard InChI is InChI=1S/C17H25N3O2S/c1-11(2)23-15-8-4-13(5-9-15)12(3)19-17(22)18-10-16(21)20-14-6-7-14/h4-5,8-9,11-12,14H,6-7,10H2,1-3H3,(H,20,21)(H2,18,19,22)/t12-/m0/s1. The molecule has 0 unspecified atom stereocenters. The molecule has 1 atom stereocenters. The molecule has 23 heavy (non-hydrogen) atoms. The zero-order valence-corrected chi connectivity index (χ0v) is 14.7. The molecular formula is C17H25N3O2S. The van der Waals surface area contributed by atoms with E-state index in [1.165, 1.54) is 4.90 Å². The lowest BCUT2D eigenvalue weighted by atomic mass is 10.1. The van der Waals surface area contributed by atoms with E-state index in [2.05, 4.69) is 41.9 Å². The van der Waals surface area contributed by atoms with E-state index < -0.39 is 0 Å². The summed E-state index contributed by atoms with van der Waals surface area (Å²) in [5.74, 6) is -0.134. The van der Waals surface area contributed by atoms with Gasteiger partial charge in [0.15, 0.2) is 0 Å². The monoisotopic (exact) mass is 335 g/mol. The molecule has 0 radical (unpaired) electrons. The lowest BCUT2D eigenvalue weighted by Crippen LogP contribution is -2.43. The van der Waals surface area contributed by atoms with E-state index >= 15 is 0 Å². The van der Waals surface area contributed by atoms with Gasteiger partial charge in [-0.1, -0.05) is 26.0 Å². The highest BCUT2D eigenvalue weighted by Crippen LogP contribution is 2.24. The summed E-state index contributed by atoms with van der Waals surface area (Å²) in [6, 6.07) is 8.06. The minimum Gasteiger partial charge on any atom is -0.352 e. The number of thioether (sulfide) groups is 1. The van der Waals surface area contributed by atoms with Gasteiger partial charge >= 0.3 is 6.03 Å². The van der Waals surface area contributed by atoms with Gasteiger partial charge in [-0.3, -0.25) is 4.79 Å². The van der Waals surface area contributed by atoms with Gasteiger partial charge in [-0.2, -0.15) is 0 Å². The van der Waals surface area contributed by atoms with Gasteiger partial charge in [0.05, 0.1) is 12.6 Å². The summed E-state index contributed by atoms with van der Waals surface area (Å²) in [5.41, 5.74) is 1.04. The van der Waals surface area contributed by atoms with Crippen molar-refractivity contribution in [3.8, 4) is 0 Å². The summed E-state index contributed by atoms with van der Waals surface area (Å²) in [6.07, 6.45) is 2.08. The van der Waals surface area contributed by atoms with E-state index in [0.717, 1.165) is 18.4 Å². The van der Waals surface area contributed by atoms with Crippen LogP contribution in [0.3, 0.4) is 0 Å². The highest BCUT2D eigenvalue weighted by Gasteiger charge is 2.23. The average Bonchev–Trinajstić information content (AvgIpc) is 3.29. The Morgan fingerprint density at radius 3 is 2.39 bits per heavy atom. The lowest BCUT2D eigenvalue weighted by molar-refractivity contribution is -0.120. The van der Waals surface area contributed by atoms with Crippen LogP contribution >= 0.6 is 11.8 Å². The summed E-state index contributed by atoms with van der Waals surface area (Å²) in [7, 11) is 0. The van der Waals surface area contributed by atoms with Crippen LogP contribution in [0.25, 0.3) is 0 Å². The van der Waals surface area contributed by atoms with Crippen molar-refractivity contribution < 1.29 is 9.59 Å². The normalized spacial score (nSPS) is 15.1. The largest absolute Gasteiger partial charge is 0.352 e. The van der Waals surface area contributed by atoms with Crippen molar-refractivity contribution in [2.45, 2.75) is 55.8 Å². The van der Waals surface area contributed by atoms with Gasteiger partial charge in [0.2, 0.25) is 5.91 Å². The zero-order valence-electron chi connectivity index (χ0n) is 13.9. The van der Waals surface area contributed by atoms with E-state index in [-0.39, 0.29) is 24.5 Å². The van der Waals surface area contributed by atoms with E-state index in [9.17, 15) is 9.59 Å². The van der Waals surface area contributed by atoms with Crippen LogP contribution in [0.5, 0.6) is 0 Å². The van der Waals surface area contributed by atoms with Crippen molar-refractivity contribution in [2.75, 3.05) is 6.54 Å². The van der Waals surface area contributed by atoms with Crippen LogP contribution in [-0.4, -0.2) is 29.8 Å². The first-order chi connectivity index (χ1) is 10.9. The third-order valence-electron chi connectivity index (χ3n) is 3.45. The van der Waals surface area contributed by atoms with Crippen molar-refractivity contribution >= 4 is 23.7 Å². The fourth-order valence-electron chi connectivity index (χ4n) is 2.11. The highest BCUT2D eigenvalue weighted by atomic mass is 32.2. The molecule has 2 rings (SSSR count). The molecule has 0 aromatic heterocycles. The maximum absolute atomic E-state index is 11.8. The van der Waals surface area contributed by atoms with E-state index in [1.54, 1.807) is 0 Å². The molecule has 6 heteroatoms. The molecule has 0 saturated heterocycles. The molecule has 5 nitrogen and oxygen atoms in total. The first kappa shape index (κ1) is 17.7. The Bertz CT molecular complexity index is 541. The molecule has 1 aliphatic rings. The fraction of sp³-hybridized carbons (Fsp3) is 0.529. The molecule has 0 heterocycles. The Labute approximate surface area is 142 Å². The number of benzene rings is 1. The van der Waals surface area contributed by atoms with Gasteiger partial charge in [-0.15, -0.1) is 11.8 Å². The van der Waals surface area contributed by atoms with Crippen LogP contribution in [0.4, 0.5) is 4.79 Å². The number of amides is 3. The maximum Gasteiger partial charge on any atom is 0.315 e. The number of rotatable bonds is 7. The third kappa shape index (κ3) is 6.52. The average molecular weight is 335 g/mol. The number of hydrogen-bond acceptors (Lipinski definition) is 3. The Hall–Kier alpha value is -1.69. The van der Waals surface area contributed by atoms with Gasteiger partial charge in [0, 0.05) is 16.2 Å². The third-order valence-corrected chi connectivity index (χ3v) is 4.47. The first-order valence-corrected chi connectivity index (χ1v) is 8.92. The minimum absolute atomic E-state index is 0.0129. The fourth-order valence-corrected chi connectivity index (χ4v) is 2.94. The van der Waals surface area contributed by atoms with Crippen LogP contribution in [0.1, 0.15) is 45.2 Å². The molecule has 0 spiro atoms. The summed E-state index contributed by atoms with van der Waals surface area (Å²) in [4.78, 5) is 24.6. The van der Waals surface area contributed by atoms with E-state index in [1.807, 2.05) is 30.8 Å². The Morgan fingerprint density at radius 2 is 1.83 bits per heavy atom. The smallest absolute Gasteiger partial charge is 0.315 e. The van der Waals surface area contributed by atoms with Crippen LogP contribution in [0.15, 0.2) is 29.2 Å². The van der Waals surface area contributed by atoms with Gasteiger partial charge in [-0.25, -0.2) is 4.79 Å². The summed E-state index contributed by atoms with van der Waals surface area (Å²) >= 11 is 1.81. The van der Waals surface area contributed by atoms with Crippen molar-refractivity contribution in [3.05, 3.63) is 29.8 Å². The number of carbonyl (C=O) groups excluding carboxylic acids is 2. The van der Waals surface area contributed by atoms with Gasteiger partial charge in [0.25, 0.3) is 0 Å². The second-order valence-electron chi connectivity index (χ2n) is 6.13. The van der Waals surface area contributed by atoms with Crippen LogP contribution < -0.4 is 16.0 Å². The maximum atomic E-state index is 11.8. The van der Waals surface area contributed by atoms with Gasteiger partial charge in [-0.05, 0) is 37.5 Å². The van der Waals surface area contributed by atoms with Crippen molar-refractivity contribution in [1.29, 1.82) is 0 Å². The summed E-state index contributed by atoms with van der Waals surface area (Å²) < 4.78 is 0. The first-order valence-electron chi connectivity index (χ1n) is 8.04. The molecule has 1 saturated carbocycles. The van der Waals surface area contributed by atoms with E-state index in [4.69, 9.17) is 0 Å². The quantitative estimate of drug-likeness (QED) is 0.671. The van der Waals surface area contributed by atoms with Crippen LogP contribution in [0, 0.1) is 0 Å². The molecule has 3 amide bonds. The Balaban J connectivity index is 1.74. The second kappa shape index (κ2) is 8.24. The van der Waals surface area contributed by atoms with Crippen molar-refractivity contribution in [2.24, 2.45) is 0 Å². The lowest BCUT2D eigenvalue weighted by Gasteiger charge is -2.15. The SMILES string of the molecule is CC(C)Sc1ccc([C@H](C)NC(=O)NCC(=O)NC2CC2)cc1. The number of carbonyl (C=O) groups is 2. The number of urea groups is 1. The molecule has 0 aliphatic heterocycles. The summed E-state index contributed by atoms with van der Waals surface area (Å²) in [5, 5.41) is 8.81. The predicted molar refractivity (Wildman–Crippen MR) is 93.5 cm³/mol. The molecular weight excluding hydrogens is 310 g/mol. The minimum atomic E-state index is -0.330. The zero-order chi connectivity index (χ0) is 16.8. The number of hydrogen-bond donors (Lipinski definition) is 3. The second-order valence-corrected chi connectivity index (χ2v) is 7.78. The van der Waals surface area contributed by atoms with Crippen LogP contribution in [0.2, 0.25) is 0 Å². The highest BCUT2D eigenvalue weighted by molar-refractivity contribution is 7.99. The van der Waals surface area contributed by atoms with Gasteiger partial charge in [0.1, 0.15) is 0 Å². The predicted octanol–water partition coefficient (Wildman–Crippen LogP) is 2.83. The molecule has 1 aromatic carbocycles. The van der Waals surface area contributed by atoms with Crippen LogP contribution in [-0.2, 0) is 4.79 Å². The Kier molecular flexibility index (Phi) is 6.33. The number of nitrogens with one attached hydrogen (secondary N) is 3. The summed E-state index contributed by atoms with van der Waals surface area (Å²) in [6.45, 7) is 6.26. The molecule has 1 fully saturated rings. The molecule has 3 N–H and O–H groups in total. The molecule has 1 aromatic rings. The van der Waals surface area contributed by atoms with Crippen molar-refractivity contribution in [3.63, 3.8) is 0 Å². The molecule has 0 bridgehead atoms.